The summed E-state index contributed by atoms with van der Waals surface area (Å²) in [6.45, 7) is 0. The van der Waals surface area contributed by atoms with Crippen LogP contribution in [0.2, 0.25) is 0 Å². The SMILES string of the molecule is c1cncc(-c2ccc(-c3onc4ccc(C5=NNNN5)cc34)cc2)c1. The maximum absolute atomic E-state index is 5.61. The summed E-state index contributed by atoms with van der Waals surface area (Å²) in [5.41, 5.74) is 13.2. The van der Waals surface area contributed by atoms with Gasteiger partial charge in [0.2, 0.25) is 0 Å². The first kappa shape index (κ1) is 14.6. The summed E-state index contributed by atoms with van der Waals surface area (Å²) in [4.78, 5) is 4.17. The van der Waals surface area contributed by atoms with Gasteiger partial charge in [-0.15, -0.1) is 10.6 Å². The van der Waals surface area contributed by atoms with Crippen LogP contribution in [0.4, 0.5) is 0 Å². The van der Waals surface area contributed by atoms with Crippen molar-refractivity contribution in [2.45, 2.75) is 0 Å². The molecule has 3 N–H and O–H groups in total. The summed E-state index contributed by atoms with van der Waals surface area (Å²) in [6.07, 6.45) is 3.62. The summed E-state index contributed by atoms with van der Waals surface area (Å²) < 4.78 is 5.61. The minimum atomic E-state index is 0.714. The molecule has 5 rings (SSSR count). The van der Waals surface area contributed by atoms with E-state index in [-0.39, 0.29) is 0 Å². The van der Waals surface area contributed by atoms with Crippen molar-refractivity contribution < 1.29 is 4.52 Å². The van der Waals surface area contributed by atoms with E-state index in [1.165, 1.54) is 0 Å². The number of aromatic nitrogens is 2. The third kappa shape index (κ3) is 2.47. The lowest BCUT2D eigenvalue weighted by atomic mass is 10.0. The fourth-order valence-electron chi connectivity index (χ4n) is 2.98. The highest BCUT2D eigenvalue weighted by Gasteiger charge is 2.14. The molecule has 0 fully saturated rings. The van der Waals surface area contributed by atoms with Gasteiger partial charge in [0.15, 0.2) is 11.6 Å². The highest BCUT2D eigenvalue weighted by atomic mass is 16.5. The summed E-state index contributed by atoms with van der Waals surface area (Å²) in [5.74, 6) is 1.45. The van der Waals surface area contributed by atoms with Crippen molar-refractivity contribution >= 4 is 16.7 Å². The van der Waals surface area contributed by atoms with Gasteiger partial charge in [-0.3, -0.25) is 10.4 Å². The summed E-state index contributed by atoms with van der Waals surface area (Å²) in [7, 11) is 0. The minimum Gasteiger partial charge on any atom is -0.355 e. The van der Waals surface area contributed by atoms with E-state index in [1.807, 2.05) is 48.7 Å². The summed E-state index contributed by atoms with van der Waals surface area (Å²) >= 11 is 0. The van der Waals surface area contributed by atoms with Crippen LogP contribution in [-0.4, -0.2) is 16.0 Å². The van der Waals surface area contributed by atoms with Gasteiger partial charge in [-0.25, -0.2) is 5.53 Å². The molecule has 0 spiro atoms. The van der Waals surface area contributed by atoms with Crippen molar-refractivity contribution in [1.29, 1.82) is 0 Å². The van der Waals surface area contributed by atoms with Crippen LogP contribution in [-0.2, 0) is 0 Å². The van der Waals surface area contributed by atoms with E-state index in [0.717, 1.165) is 38.9 Å². The lowest BCUT2D eigenvalue weighted by molar-refractivity contribution is 0.441. The normalized spacial score (nSPS) is 13.3. The second-order valence-electron chi connectivity index (χ2n) is 5.88. The van der Waals surface area contributed by atoms with Crippen LogP contribution in [0.25, 0.3) is 33.4 Å². The van der Waals surface area contributed by atoms with Crippen LogP contribution in [0, 0.1) is 0 Å². The first-order valence-electron chi connectivity index (χ1n) is 8.13. The highest BCUT2D eigenvalue weighted by molar-refractivity contribution is 6.03. The Morgan fingerprint density at radius 2 is 1.69 bits per heavy atom. The van der Waals surface area contributed by atoms with E-state index in [4.69, 9.17) is 4.52 Å². The Labute approximate surface area is 148 Å². The molecule has 0 aliphatic carbocycles. The molecule has 0 radical (unpaired) electrons. The Kier molecular flexibility index (Phi) is 3.36. The number of benzene rings is 2. The van der Waals surface area contributed by atoms with Crippen molar-refractivity contribution in [3.05, 3.63) is 72.6 Å². The zero-order chi connectivity index (χ0) is 17.3. The van der Waals surface area contributed by atoms with Gasteiger partial charge in [-0.05, 0) is 35.4 Å². The van der Waals surface area contributed by atoms with Crippen molar-refractivity contribution in [3.8, 4) is 22.5 Å². The Bertz CT molecular complexity index is 1100. The first-order valence-corrected chi connectivity index (χ1v) is 8.13. The fourth-order valence-corrected chi connectivity index (χ4v) is 2.98. The third-order valence-electron chi connectivity index (χ3n) is 4.30. The van der Waals surface area contributed by atoms with Crippen LogP contribution in [0.3, 0.4) is 0 Å². The molecule has 0 saturated heterocycles. The second kappa shape index (κ2) is 5.98. The number of hydrazine groups is 2. The van der Waals surface area contributed by atoms with Gasteiger partial charge < -0.3 is 4.52 Å². The molecule has 7 heteroatoms. The van der Waals surface area contributed by atoms with Crippen LogP contribution in [0.5, 0.6) is 0 Å². The highest BCUT2D eigenvalue weighted by Crippen LogP contribution is 2.31. The molecule has 1 aliphatic rings. The van der Waals surface area contributed by atoms with Gasteiger partial charge in [0.25, 0.3) is 0 Å². The number of amidine groups is 1. The molecular formula is C19H14N6O. The third-order valence-corrected chi connectivity index (χ3v) is 4.30. The molecule has 0 amide bonds. The van der Waals surface area contributed by atoms with E-state index in [0.29, 0.717) is 5.84 Å². The average Bonchev–Trinajstić information content (AvgIpc) is 3.38. The standard InChI is InChI=1S/C19H14N6O/c1-2-15(11-20-9-1)12-3-5-13(6-4-12)18-16-10-14(19-21-24-25-22-19)7-8-17(16)23-26-18/h1-11,24-25H,(H,21,22). The monoisotopic (exact) mass is 342 g/mol. The number of fused-ring (bicyclic) bond motifs is 1. The molecule has 0 saturated carbocycles. The zero-order valence-corrected chi connectivity index (χ0v) is 13.6. The largest absolute Gasteiger partial charge is 0.355 e. The van der Waals surface area contributed by atoms with Gasteiger partial charge in [0.1, 0.15) is 5.52 Å². The molecule has 3 heterocycles. The predicted octanol–water partition coefficient (Wildman–Crippen LogP) is 2.83. The van der Waals surface area contributed by atoms with Crippen molar-refractivity contribution in [2.75, 3.05) is 0 Å². The Hall–Kier alpha value is -3.71. The molecular weight excluding hydrogens is 328 g/mol. The summed E-state index contributed by atoms with van der Waals surface area (Å²) in [6, 6.07) is 18.0. The second-order valence-corrected chi connectivity index (χ2v) is 5.88. The van der Waals surface area contributed by atoms with Gasteiger partial charge in [0, 0.05) is 23.5 Å². The van der Waals surface area contributed by atoms with Gasteiger partial charge in [-0.1, -0.05) is 35.5 Å². The molecule has 1 aliphatic heterocycles. The Morgan fingerprint density at radius 3 is 2.46 bits per heavy atom. The van der Waals surface area contributed by atoms with E-state index in [1.54, 1.807) is 6.20 Å². The average molecular weight is 342 g/mol. The molecule has 126 valence electrons. The fraction of sp³-hybridized carbons (Fsp3) is 0. The Balaban J connectivity index is 1.55. The molecule has 0 atom stereocenters. The number of nitrogens with zero attached hydrogens (tertiary/aromatic N) is 3. The smallest absolute Gasteiger partial charge is 0.174 e. The zero-order valence-electron chi connectivity index (χ0n) is 13.6. The van der Waals surface area contributed by atoms with E-state index >= 15 is 0 Å². The lowest BCUT2D eigenvalue weighted by Crippen LogP contribution is -2.35. The van der Waals surface area contributed by atoms with E-state index in [9.17, 15) is 0 Å². The molecule has 2 aromatic heterocycles. The molecule has 26 heavy (non-hydrogen) atoms. The number of rotatable bonds is 3. The Morgan fingerprint density at radius 1 is 0.846 bits per heavy atom. The van der Waals surface area contributed by atoms with Crippen LogP contribution in [0.1, 0.15) is 5.56 Å². The van der Waals surface area contributed by atoms with Gasteiger partial charge in [0.05, 0.1) is 5.39 Å². The predicted molar refractivity (Wildman–Crippen MR) is 98.6 cm³/mol. The van der Waals surface area contributed by atoms with Crippen LogP contribution >= 0.6 is 0 Å². The molecule has 2 aromatic carbocycles. The number of hydrogen-bond donors (Lipinski definition) is 3. The van der Waals surface area contributed by atoms with Crippen LogP contribution < -0.4 is 16.5 Å². The number of nitrogens with one attached hydrogen (secondary N) is 3. The quantitative estimate of drug-likeness (QED) is 0.531. The van der Waals surface area contributed by atoms with Gasteiger partial charge >= 0.3 is 0 Å². The molecule has 0 bridgehead atoms. The number of pyridine rings is 1. The molecule has 7 nitrogen and oxygen atoms in total. The van der Waals surface area contributed by atoms with Crippen molar-refractivity contribution in [2.24, 2.45) is 5.10 Å². The van der Waals surface area contributed by atoms with Crippen LogP contribution in [0.15, 0.2) is 76.6 Å². The van der Waals surface area contributed by atoms with E-state index < -0.39 is 0 Å². The van der Waals surface area contributed by atoms with Gasteiger partial charge in [-0.2, -0.15) is 0 Å². The summed E-state index contributed by atoms with van der Waals surface area (Å²) in [5, 5.41) is 9.24. The topological polar surface area (TPSA) is 87.4 Å². The first-order chi connectivity index (χ1) is 12.9. The molecule has 4 aromatic rings. The minimum absolute atomic E-state index is 0.714. The molecule has 0 unspecified atom stereocenters. The maximum Gasteiger partial charge on any atom is 0.174 e. The number of hydrazone groups is 1. The lowest BCUT2D eigenvalue weighted by Gasteiger charge is -2.03. The van der Waals surface area contributed by atoms with Crippen molar-refractivity contribution in [3.63, 3.8) is 0 Å². The van der Waals surface area contributed by atoms with E-state index in [2.05, 4.69) is 43.9 Å². The maximum atomic E-state index is 5.61. The van der Waals surface area contributed by atoms with Crippen molar-refractivity contribution in [1.82, 2.24) is 26.6 Å². The number of hydrogen-bond acceptors (Lipinski definition) is 7.